The Morgan fingerprint density at radius 3 is 3.05 bits per heavy atom. The first-order chi connectivity index (χ1) is 9.65. The summed E-state index contributed by atoms with van der Waals surface area (Å²) in [7, 11) is 1.63. The first kappa shape index (κ1) is 14.5. The molecule has 2 rings (SSSR count). The third-order valence-corrected chi connectivity index (χ3v) is 3.15. The number of nitrogens with one attached hydrogen (secondary N) is 2. The van der Waals surface area contributed by atoms with Crippen LogP contribution in [-0.4, -0.2) is 55.3 Å². The Morgan fingerprint density at radius 2 is 2.35 bits per heavy atom. The molecular weight excluding hydrogens is 258 g/mol. The van der Waals surface area contributed by atoms with Crippen LogP contribution in [0.15, 0.2) is 6.07 Å². The number of rotatable bonds is 4. The third-order valence-electron chi connectivity index (χ3n) is 3.15. The van der Waals surface area contributed by atoms with E-state index in [2.05, 4.69) is 20.6 Å². The van der Waals surface area contributed by atoms with Gasteiger partial charge in [0.15, 0.2) is 0 Å². The highest BCUT2D eigenvalue weighted by atomic mass is 16.5. The lowest BCUT2D eigenvalue weighted by Crippen LogP contribution is -2.53. The van der Waals surface area contributed by atoms with Crippen molar-refractivity contribution in [3.05, 3.63) is 11.9 Å². The van der Waals surface area contributed by atoms with Gasteiger partial charge in [-0.2, -0.15) is 0 Å². The number of anilines is 2. The van der Waals surface area contributed by atoms with Gasteiger partial charge in [-0.15, -0.1) is 0 Å². The number of aryl methyl sites for hydroxylation is 1. The summed E-state index contributed by atoms with van der Waals surface area (Å²) in [4.78, 5) is 22.7. The summed E-state index contributed by atoms with van der Waals surface area (Å²) in [5, 5.41) is 5.85. The number of hydrogen-bond donors (Lipinski definition) is 2. The molecule has 2 heterocycles. The Balaban J connectivity index is 2.29. The number of hydrogen-bond acceptors (Lipinski definition) is 6. The predicted molar refractivity (Wildman–Crippen MR) is 77.0 cm³/mol. The van der Waals surface area contributed by atoms with E-state index < -0.39 is 0 Å². The molecule has 0 aromatic carbocycles. The molecule has 2 N–H and O–H groups in total. The average Bonchev–Trinajstić information content (AvgIpc) is 2.46. The lowest BCUT2D eigenvalue weighted by Gasteiger charge is -2.35. The molecule has 1 aromatic rings. The fourth-order valence-electron chi connectivity index (χ4n) is 2.23. The number of carbonyl (C=O) groups is 1. The number of likely N-dealkylation sites (N-methyl/N-ethyl adjacent to an activating group) is 1. The molecule has 0 bridgehead atoms. The molecule has 1 atom stereocenters. The van der Waals surface area contributed by atoms with Crippen LogP contribution in [0.3, 0.4) is 0 Å². The van der Waals surface area contributed by atoms with Gasteiger partial charge in [0.1, 0.15) is 23.5 Å². The second-order valence-corrected chi connectivity index (χ2v) is 4.59. The topological polar surface area (TPSA) is 79.4 Å². The first-order valence-electron chi connectivity index (χ1n) is 6.81. The van der Waals surface area contributed by atoms with Gasteiger partial charge in [-0.05, 0) is 13.8 Å². The molecule has 110 valence electrons. The SMILES string of the molecule is CCNc1cc(N2CCOCC2C(=O)NC)nc(C)n1. The van der Waals surface area contributed by atoms with Crippen molar-refractivity contribution >= 4 is 17.5 Å². The van der Waals surface area contributed by atoms with Gasteiger partial charge in [0.2, 0.25) is 5.91 Å². The number of nitrogens with zero attached hydrogens (tertiary/aromatic N) is 3. The normalized spacial score (nSPS) is 18.8. The van der Waals surface area contributed by atoms with Gasteiger partial charge in [-0.25, -0.2) is 9.97 Å². The van der Waals surface area contributed by atoms with E-state index in [1.54, 1.807) is 7.05 Å². The largest absolute Gasteiger partial charge is 0.377 e. The fourth-order valence-corrected chi connectivity index (χ4v) is 2.23. The Bertz CT molecular complexity index is 480. The van der Waals surface area contributed by atoms with Crippen LogP contribution in [-0.2, 0) is 9.53 Å². The predicted octanol–water partition coefficient (Wildman–Crippen LogP) is 0.168. The zero-order chi connectivity index (χ0) is 14.5. The van der Waals surface area contributed by atoms with Gasteiger partial charge in [0.25, 0.3) is 0 Å². The van der Waals surface area contributed by atoms with Crippen molar-refractivity contribution in [2.45, 2.75) is 19.9 Å². The van der Waals surface area contributed by atoms with Crippen molar-refractivity contribution in [1.82, 2.24) is 15.3 Å². The molecule has 1 aliphatic heterocycles. The van der Waals surface area contributed by atoms with Crippen molar-refractivity contribution in [2.24, 2.45) is 0 Å². The molecule has 0 spiro atoms. The summed E-state index contributed by atoms with van der Waals surface area (Å²) in [5.41, 5.74) is 0. The second kappa shape index (κ2) is 6.51. The molecule has 7 heteroatoms. The van der Waals surface area contributed by atoms with Crippen LogP contribution in [0.25, 0.3) is 0 Å². The summed E-state index contributed by atoms with van der Waals surface area (Å²) >= 11 is 0. The number of ether oxygens (including phenoxy) is 1. The second-order valence-electron chi connectivity index (χ2n) is 4.59. The van der Waals surface area contributed by atoms with Crippen molar-refractivity contribution in [3.8, 4) is 0 Å². The van der Waals surface area contributed by atoms with Crippen LogP contribution in [0.2, 0.25) is 0 Å². The Morgan fingerprint density at radius 1 is 1.55 bits per heavy atom. The van der Waals surface area contributed by atoms with Gasteiger partial charge >= 0.3 is 0 Å². The molecule has 20 heavy (non-hydrogen) atoms. The van der Waals surface area contributed by atoms with Crippen LogP contribution < -0.4 is 15.5 Å². The molecular formula is C13H21N5O2. The van der Waals surface area contributed by atoms with Crippen LogP contribution in [0.4, 0.5) is 11.6 Å². The maximum Gasteiger partial charge on any atom is 0.244 e. The maximum absolute atomic E-state index is 12.0. The molecule has 7 nitrogen and oxygen atoms in total. The van der Waals surface area contributed by atoms with E-state index >= 15 is 0 Å². The number of aromatic nitrogens is 2. The van der Waals surface area contributed by atoms with Gasteiger partial charge in [-0.3, -0.25) is 4.79 Å². The van der Waals surface area contributed by atoms with Crippen LogP contribution in [0.1, 0.15) is 12.7 Å². The first-order valence-corrected chi connectivity index (χ1v) is 6.81. The lowest BCUT2D eigenvalue weighted by atomic mass is 10.2. The minimum atomic E-state index is -0.350. The van der Waals surface area contributed by atoms with Crippen molar-refractivity contribution < 1.29 is 9.53 Å². The molecule has 0 radical (unpaired) electrons. The molecule has 0 aliphatic carbocycles. The van der Waals surface area contributed by atoms with Crippen molar-refractivity contribution in [3.63, 3.8) is 0 Å². The Labute approximate surface area is 118 Å². The standard InChI is InChI=1S/C13H21N5O2/c1-4-15-11-7-12(17-9(2)16-11)18-5-6-20-8-10(18)13(19)14-3/h7,10H,4-6,8H2,1-3H3,(H,14,19)(H,15,16,17). The minimum absolute atomic E-state index is 0.0639. The minimum Gasteiger partial charge on any atom is -0.377 e. The molecule has 1 aromatic heterocycles. The summed E-state index contributed by atoms with van der Waals surface area (Å²) < 4.78 is 5.40. The average molecular weight is 279 g/mol. The highest BCUT2D eigenvalue weighted by Gasteiger charge is 2.30. The van der Waals surface area contributed by atoms with E-state index in [9.17, 15) is 4.79 Å². The Kier molecular flexibility index (Phi) is 4.73. The highest BCUT2D eigenvalue weighted by molar-refractivity contribution is 5.85. The van der Waals surface area contributed by atoms with Gasteiger partial charge in [0, 0.05) is 26.2 Å². The monoisotopic (exact) mass is 279 g/mol. The summed E-state index contributed by atoms with van der Waals surface area (Å²) in [5.74, 6) is 2.15. The molecule has 1 aliphatic rings. The van der Waals surface area contributed by atoms with E-state index in [-0.39, 0.29) is 11.9 Å². The van der Waals surface area contributed by atoms with Crippen LogP contribution in [0, 0.1) is 6.92 Å². The molecule has 1 fully saturated rings. The zero-order valence-corrected chi connectivity index (χ0v) is 12.1. The van der Waals surface area contributed by atoms with Crippen molar-refractivity contribution in [1.29, 1.82) is 0 Å². The summed E-state index contributed by atoms with van der Waals surface area (Å²) in [6, 6.07) is 1.52. The van der Waals surface area contributed by atoms with E-state index in [4.69, 9.17) is 4.74 Å². The van der Waals surface area contributed by atoms with Gasteiger partial charge < -0.3 is 20.3 Å². The molecule has 1 amide bonds. The smallest absolute Gasteiger partial charge is 0.244 e. The highest BCUT2D eigenvalue weighted by Crippen LogP contribution is 2.20. The third kappa shape index (κ3) is 3.16. The quantitative estimate of drug-likeness (QED) is 0.818. The number of amides is 1. The molecule has 1 unspecified atom stereocenters. The number of carbonyl (C=O) groups excluding carboxylic acids is 1. The van der Waals surface area contributed by atoms with E-state index in [1.807, 2.05) is 24.8 Å². The van der Waals surface area contributed by atoms with E-state index in [0.717, 1.165) is 18.2 Å². The van der Waals surface area contributed by atoms with Gasteiger partial charge in [-0.1, -0.05) is 0 Å². The van der Waals surface area contributed by atoms with Gasteiger partial charge in [0.05, 0.1) is 13.2 Å². The van der Waals surface area contributed by atoms with E-state index in [1.165, 1.54) is 0 Å². The maximum atomic E-state index is 12.0. The zero-order valence-electron chi connectivity index (χ0n) is 12.1. The number of morpholine rings is 1. The van der Waals surface area contributed by atoms with Crippen LogP contribution in [0.5, 0.6) is 0 Å². The lowest BCUT2D eigenvalue weighted by molar-refractivity contribution is -0.124. The van der Waals surface area contributed by atoms with Crippen molar-refractivity contribution in [2.75, 3.05) is 43.6 Å². The Hall–Kier alpha value is -1.89. The fraction of sp³-hybridized carbons (Fsp3) is 0.615. The summed E-state index contributed by atoms with van der Waals surface area (Å²) in [6.45, 7) is 6.25. The van der Waals surface area contributed by atoms with E-state index in [0.29, 0.717) is 25.6 Å². The molecule has 0 saturated carbocycles. The molecule has 1 saturated heterocycles. The summed E-state index contributed by atoms with van der Waals surface area (Å²) in [6.07, 6.45) is 0. The van der Waals surface area contributed by atoms with Crippen LogP contribution >= 0.6 is 0 Å².